The molecule has 7 nitrogen and oxygen atoms in total. The van der Waals surface area contributed by atoms with Crippen molar-refractivity contribution in [1.29, 1.82) is 0 Å². The van der Waals surface area contributed by atoms with E-state index < -0.39 is 0 Å². The number of amides is 3. The topological polar surface area (TPSA) is 81.2 Å². The van der Waals surface area contributed by atoms with Gasteiger partial charge >= 0.3 is 0 Å². The van der Waals surface area contributed by atoms with Gasteiger partial charge in [0.05, 0.1) is 18.7 Å². The van der Waals surface area contributed by atoms with Crippen molar-refractivity contribution in [2.75, 3.05) is 38.2 Å². The average molecular weight is 365 g/mol. The Morgan fingerprint density at radius 2 is 2.04 bits per heavy atom. The number of nitrogens with zero attached hydrogens (tertiary/aromatic N) is 3. The minimum Gasteiger partial charge on any atom is -0.395 e. The van der Waals surface area contributed by atoms with Gasteiger partial charge in [0, 0.05) is 31.4 Å². The van der Waals surface area contributed by atoms with Crippen molar-refractivity contribution >= 4 is 34.1 Å². The summed E-state index contributed by atoms with van der Waals surface area (Å²) in [6.45, 7) is 3.09. The summed E-state index contributed by atoms with van der Waals surface area (Å²) >= 11 is 1.40. The Morgan fingerprint density at radius 3 is 2.72 bits per heavy atom. The molecule has 3 rings (SSSR count). The SMILES string of the molecule is CCCC(=O)N1CCc2c(sc3c2C(=O)N(C)CC(=O)N3CCO)C1. The van der Waals surface area contributed by atoms with Gasteiger partial charge in [0.25, 0.3) is 5.91 Å². The standard InChI is InChI=1S/C17H23N3O4S/c1-3-4-13(22)19-6-5-11-12(9-19)25-17-15(11)16(24)18(2)10-14(23)20(17)7-8-21/h21H,3-10H2,1-2H3. The number of hydrogen-bond acceptors (Lipinski definition) is 5. The molecule has 8 heteroatoms. The maximum absolute atomic E-state index is 12.8. The number of anilines is 1. The molecular formula is C17H23N3O4S. The van der Waals surface area contributed by atoms with E-state index in [1.54, 1.807) is 7.05 Å². The van der Waals surface area contributed by atoms with E-state index in [1.807, 2.05) is 11.8 Å². The van der Waals surface area contributed by atoms with Crippen LogP contribution in [0.3, 0.4) is 0 Å². The molecule has 0 bridgehead atoms. The second-order valence-electron chi connectivity index (χ2n) is 6.43. The molecule has 0 aromatic carbocycles. The lowest BCUT2D eigenvalue weighted by Gasteiger charge is -2.27. The van der Waals surface area contributed by atoms with E-state index in [4.69, 9.17) is 0 Å². The number of hydrogen-bond donors (Lipinski definition) is 1. The number of rotatable bonds is 4. The van der Waals surface area contributed by atoms with Crippen molar-refractivity contribution in [3.63, 3.8) is 0 Å². The zero-order chi connectivity index (χ0) is 18.1. The van der Waals surface area contributed by atoms with Gasteiger partial charge in [-0.2, -0.15) is 0 Å². The number of thiophene rings is 1. The summed E-state index contributed by atoms with van der Waals surface area (Å²) in [6.07, 6.45) is 1.96. The van der Waals surface area contributed by atoms with Crippen LogP contribution in [0.15, 0.2) is 0 Å². The van der Waals surface area contributed by atoms with Gasteiger partial charge in [-0.1, -0.05) is 6.92 Å². The van der Waals surface area contributed by atoms with Crippen molar-refractivity contribution in [2.45, 2.75) is 32.7 Å². The van der Waals surface area contributed by atoms with Gasteiger partial charge in [0.1, 0.15) is 11.5 Å². The molecule has 2 aliphatic heterocycles. The van der Waals surface area contributed by atoms with Gasteiger partial charge in [-0.3, -0.25) is 19.3 Å². The smallest absolute Gasteiger partial charge is 0.257 e. The predicted molar refractivity (Wildman–Crippen MR) is 94.7 cm³/mol. The molecule has 3 amide bonds. The van der Waals surface area contributed by atoms with Crippen molar-refractivity contribution in [2.24, 2.45) is 0 Å². The Balaban J connectivity index is 2.00. The molecule has 2 aliphatic rings. The fourth-order valence-corrected chi connectivity index (χ4v) is 4.77. The first-order valence-electron chi connectivity index (χ1n) is 8.56. The molecule has 0 saturated carbocycles. The van der Waals surface area contributed by atoms with E-state index in [-0.39, 0.29) is 37.4 Å². The Labute approximate surface area is 150 Å². The molecule has 0 unspecified atom stereocenters. The molecule has 0 aliphatic carbocycles. The molecule has 0 atom stereocenters. The van der Waals surface area contributed by atoms with Crippen LogP contribution in [0.4, 0.5) is 5.00 Å². The predicted octanol–water partition coefficient (Wildman–Crippen LogP) is 0.844. The largest absolute Gasteiger partial charge is 0.395 e. The van der Waals surface area contributed by atoms with Crippen molar-refractivity contribution in [3.05, 3.63) is 16.0 Å². The Kier molecular flexibility index (Phi) is 5.10. The van der Waals surface area contributed by atoms with E-state index in [9.17, 15) is 19.5 Å². The van der Waals surface area contributed by atoms with Crippen LogP contribution in [0.2, 0.25) is 0 Å². The van der Waals surface area contributed by atoms with Gasteiger partial charge in [0.2, 0.25) is 11.8 Å². The van der Waals surface area contributed by atoms with Crippen LogP contribution >= 0.6 is 11.3 Å². The van der Waals surface area contributed by atoms with Crippen LogP contribution in [0.25, 0.3) is 0 Å². The highest BCUT2D eigenvalue weighted by Crippen LogP contribution is 2.41. The number of aliphatic hydroxyl groups is 1. The molecular weight excluding hydrogens is 342 g/mol. The van der Waals surface area contributed by atoms with Crippen LogP contribution in [0.5, 0.6) is 0 Å². The summed E-state index contributed by atoms with van der Waals surface area (Å²) in [5.74, 6) is -0.223. The van der Waals surface area contributed by atoms with Crippen LogP contribution in [0.1, 0.15) is 40.6 Å². The molecule has 3 heterocycles. The summed E-state index contributed by atoms with van der Waals surface area (Å²) in [4.78, 5) is 43.2. The summed E-state index contributed by atoms with van der Waals surface area (Å²) in [6, 6.07) is 0. The van der Waals surface area contributed by atoms with E-state index in [0.29, 0.717) is 36.5 Å². The molecule has 0 radical (unpaired) electrons. The number of fused-ring (bicyclic) bond motifs is 3. The number of aliphatic hydroxyl groups excluding tert-OH is 1. The lowest BCUT2D eigenvalue weighted by atomic mass is 10.0. The van der Waals surface area contributed by atoms with Crippen molar-refractivity contribution < 1.29 is 19.5 Å². The molecule has 1 aromatic rings. The molecule has 25 heavy (non-hydrogen) atoms. The third-order valence-electron chi connectivity index (χ3n) is 4.66. The summed E-state index contributed by atoms with van der Waals surface area (Å²) < 4.78 is 0. The van der Waals surface area contributed by atoms with Gasteiger partial charge < -0.3 is 14.9 Å². The first-order chi connectivity index (χ1) is 12.0. The number of carbonyl (C=O) groups is 3. The van der Waals surface area contributed by atoms with Crippen LogP contribution in [0, 0.1) is 0 Å². The van der Waals surface area contributed by atoms with Crippen molar-refractivity contribution in [3.8, 4) is 0 Å². The van der Waals surface area contributed by atoms with Crippen LogP contribution < -0.4 is 4.90 Å². The van der Waals surface area contributed by atoms with Gasteiger partial charge in [-0.15, -0.1) is 11.3 Å². The summed E-state index contributed by atoms with van der Waals surface area (Å²) in [5, 5.41) is 9.94. The molecule has 1 aromatic heterocycles. The first-order valence-corrected chi connectivity index (χ1v) is 9.38. The second-order valence-corrected chi connectivity index (χ2v) is 7.51. The molecule has 0 fully saturated rings. The Bertz CT molecular complexity index is 715. The quantitative estimate of drug-likeness (QED) is 0.857. The maximum Gasteiger partial charge on any atom is 0.257 e. The Hall–Kier alpha value is -1.93. The monoisotopic (exact) mass is 365 g/mol. The van der Waals surface area contributed by atoms with E-state index in [2.05, 4.69) is 0 Å². The third kappa shape index (κ3) is 3.16. The average Bonchev–Trinajstić information content (AvgIpc) is 2.93. The minimum absolute atomic E-state index is 0.0100. The lowest BCUT2D eigenvalue weighted by Crippen LogP contribution is -2.39. The molecule has 0 saturated heterocycles. The lowest BCUT2D eigenvalue weighted by molar-refractivity contribution is -0.132. The number of carbonyl (C=O) groups excluding carboxylic acids is 3. The molecule has 136 valence electrons. The fraction of sp³-hybridized carbons (Fsp3) is 0.588. The third-order valence-corrected chi connectivity index (χ3v) is 5.90. The van der Waals surface area contributed by atoms with Crippen molar-refractivity contribution in [1.82, 2.24) is 9.80 Å². The first kappa shape index (κ1) is 17.9. The van der Waals surface area contributed by atoms with Crippen LogP contribution in [-0.2, 0) is 22.6 Å². The second kappa shape index (κ2) is 7.13. The zero-order valence-corrected chi connectivity index (χ0v) is 15.4. The Morgan fingerprint density at radius 1 is 1.28 bits per heavy atom. The van der Waals surface area contributed by atoms with Crippen LogP contribution in [-0.4, -0.2) is 65.9 Å². The van der Waals surface area contributed by atoms with Gasteiger partial charge in [-0.25, -0.2) is 0 Å². The number of β-amino-alcohol motifs (C(OH)–C–C–N with tert-alkyl or cyclic N) is 1. The molecule has 0 spiro atoms. The minimum atomic E-state index is -0.193. The zero-order valence-electron chi connectivity index (χ0n) is 14.6. The fourth-order valence-electron chi connectivity index (χ4n) is 3.38. The summed E-state index contributed by atoms with van der Waals surface area (Å²) in [5.41, 5.74) is 1.53. The van der Waals surface area contributed by atoms with E-state index in [1.165, 1.54) is 21.1 Å². The van der Waals surface area contributed by atoms with Gasteiger partial charge in [0.15, 0.2) is 0 Å². The van der Waals surface area contributed by atoms with E-state index >= 15 is 0 Å². The highest BCUT2D eigenvalue weighted by atomic mass is 32.1. The maximum atomic E-state index is 12.8. The number of likely N-dealkylation sites (N-methyl/N-ethyl adjacent to an activating group) is 1. The van der Waals surface area contributed by atoms with Gasteiger partial charge in [-0.05, 0) is 18.4 Å². The summed E-state index contributed by atoms with van der Waals surface area (Å²) in [7, 11) is 1.62. The highest BCUT2D eigenvalue weighted by Gasteiger charge is 2.37. The normalized spacial score (nSPS) is 17.5. The highest BCUT2D eigenvalue weighted by molar-refractivity contribution is 7.17. The molecule has 1 N–H and O–H groups in total. The van der Waals surface area contributed by atoms with E-state index in [0.717, 1.165) is 16.9 Å².